The molecule has 0 saturated carbocycles. The Morgan fingerprint density at radius 3 is 2.57 bits per heavy atom. The number of benzene rings is 2. The molecule has 3 rings (SSSR count). The van der Waals surface area contributed by atoms with Gasteiger partial charge in [0.15, 0.2) is 0 Å². The first-order valence-corrected chi connectivity index (χ1v) is 8.06. The topological polar surface area (TPSA) is 22.1 Å². The van der Waals surface area contributed by atoms with E-state index in [0.717, 1.165) is 40.4 Å². The number of pyridine rings is 1. The van der Waals surface area contributed by atoms with Crippen LogP contribution in [0.25, 0.3) is 27.8 Å². The third-order valence-electron chi connectivity index (χ3n) is 3.90. The van der Waals surface area contributed by atoms with Gasteiger partial charge < -0.3 is 4.74 Å². The molecule has 0 fully saturated rings. The molecule has 0 saturated heterocycles. The summed E-state index contributed by atoms with van der Waals surface area (Å²) in [6.45, 7) is 7.01. The van der Waals surface area contributed by atoms with Gasteiger partial charge in [0.05, 0.1) is 17.9 Å². The van der Waals surface area contributed by atoms with Crippen LogP contribution in [0.3, 0.4) is 0 Å². The Kier molecular flexibility index (Phi) is 4.72. The van der Waals surface area contributed by atoms with Crippen LogP contribution in [0.5, 0.6) is 0 Å². The van der Waals surface area contributed by atoms with Crippen LogP contribution in [0.2, 0.25) is 0 Å². The Hall–Kier alpha value is -2.61. The molecular formula is C21H21NO. The molecule has 0 amide bonds. The smallest absolute Gasteiger partial charge is 0.122 e. The normalized spacial score (nSPS) is 10.7. The number of aromatic nitrogens is 1. The van der Waals surface area contributed by atoms with Gasteiger partial charge in [-0.25, -0.2) is 0 Å². The molecule has 0 aliphatic carbocycles. The predicted molar refractivity (Wildman–Crippen MR) is 97.1 cm³/mol. The lowest BCUT2D eigenvalue weighted by atomic mass is 9.99. The summed E-state index contributed by atoms with van der Waals surface area (Å²) in [5, 5.41) is 2.23. The summed E-state index contributed by atoms with van der Waals surface area (Å²) in [5.41, 5.74) is 2.99. The second kappa shape index (κ2) is 7.10. The molecule has 0 radical (unpaired) electrons. The van der Waals surface area contributed by atoms with Crippen LogP contribution in [0, 0.1) is 0 Å². The molecule has 0 unspecified atom stereocenters. The SMILES string of the molecule is C=C(OCCCC)c1c(-c2ccccc2)ncc2ccccc12. The van der Waals surface area contributed by atoms with Crippen LogP contribution < -0.4 is 0 Å². The van der Waals surface area contributed by atoms with Crippen LogP contribution in [-0.4, -0.2) is 11.6 Å². The van der Waals surface area contributed by atoms with E-state index in [1.165, 1.54) is 0 Å². The number of hydrogen-bond donors (Lipinski definition) is 0. The van der Waals surface area contributed by atoms with Gasteiger partial charge in [-0.1, -0.05) is 74.5 Å². The number of ether oxygens (including phenoxy) is 1. The lowest BCUT2D eigenvalue weighted by Crippen LogP contribution is -1.99. The second-order valence-electron chi connectivity index (χ2n) is 5.56. The van der Waals surface area contributed by atoms with E-state index < -0.39 is 0 Å². The first-order valence-electron chi connectivity index (χ1n) is 8.06. The molecular weight excluding hydrogens is 282 g/mol. The summed E-state index contributed by atoms with van der Waals surface area (Å²) in [6.07, 6.45) is 4.05. The number of rotatable bonds is 6. The van der Waals surface area contributed by atoms with E-state index in [-0.39, 0.29) is 0 Å². The quantitative estimate of drug-likeness (QED) is 0.431. The van der Waals surface area contributed by atoms with Gasteiger partial charge >= 0.3 is 0 Å². The van der Waals surface area contributed by atoms with Gasteiger partial charge in [0.1, 0.15) is 5.76 Å². The maximum atomic E-state index is 5.90. The fraction of sp³-hybridized carbons (Fsp3) is 0.190. The Balaban J connectivity index is 2.12. The summed E-state index contributed by atoms with van der Waals surface area (Å²) in [4.78, 5) is 4.69. The molecule has 0 bridgehead atoms. The van der Waals surface area contributed by atoms with Crippen molar-refractivity contribution in [2.24, 2.45) is 0 Å². The largest absolute Gasteiger partial charge is 0.493 e. The van der Waals surface area contributed by atoms with Gasteiger partial charge in [-0.3, -0.25) is 4.98 Å². The van der Waals surface area contributed by atoms with Gasteiger partial charge in [0.25, 0.3) is 0 Å². The van der Waals surface area contributed by atoms with E-state index in [2.05, 4.69) is 42.8 Å². The summed E-state index contributed by atoms with van der Waals surface area (Å²) < 4.78 is 5.90. The van der Waals surface area contributed by atoms with E-state index in [0.29, 0.717) is 12.4 Å². The third kappa shape index (κ3) is 3.26. The predicted octanol–water partition coefficient (Wildman–Crippen LogP) is 5.69. The molecule has 0 aliphatic rings. The van der Waals surface area contributed by atoms with Crippen molar-refractivity contribution in [1.29, 1.82) is 0 Å². The standard InChI is InChI=1S/C21H21NO/c1-3-4-14-23-16(2)20-19-13-9-8-12-18(19)15-22-21(20)17-10-6-5-7-11-17/h5-13,15H,2-4,14H2,1H3. The van der Waals surface area contributed by atoms with Crippen molar-refractivity contribution in [3.8, 4) is 11.3 Å². The minimum absolute atomic E-state index is 0.687. The second-order valence-corrected chi connectivity index (χ2v) is 5.56. The molecule has 3 aromatic rings. The molecule has 1 heterocycles. The van der Waals surface area contributed by atoms with E-state index in [1.807, 2.05) is 36.5 Å². The average Bonchev–Trinajstić information content (AvgIpc) is 2.61. The van der Waals surface area contributed by atoms with E-state index >= 15 is 0 Å². The minimum Gasteiger partial charge on any atom is -0.493 e. The molecule has 0 aliphatic heterocycles. The molecule has 2 nitrogen and oxygen atoms in total. The number of hydrogen-bond acceptors (Lipinski definition) is 2. The number of unbranched alkanes of at least 4 members (excludes halogenated alkanes) is 1. The first-order chi connectivity index (χ1) is 11.3. The lowest BCUT2D eigenvalue weighted by molar-refractivity contribution is 0.271. The molecule has 1 aromatic heterocycles. The van der Waals surface area contributed by atoms with Crippen LogP contribution in [-0.2, 0) is 4.74 Å². The highest BCUT2D eigenvalue weighted by molar-refractivity contribution is 5.97. The number of nitrogens with zero attached hydrogens (tertiary/aromatic N) is 1. The first kappa shape index (κ1) is 15.3. The highest BCUT2D eigenvalue weighted by Crippen LogP contribution is 2.33. The molecule has 0 spiro atoms. The minimum atomic E-state index is 0.687. The summed E-state index contributed by atoms with van der Waals surface area (Å²) in [6, 6.07) is 18.4. The molecule has 0 N–H and O–H groups in total. The fourth-order valence-electron chi connectivity index (χ4n) is 2.67. The molecule has 0 atom stereocenters. The highest BCUT2D eigenvalue weighted by Gasteiger charge is 2.14. The van der Waals surface area contributed by atoms with Crippen molar-refractivity contribution in [2.75, 3.05) is 6.61 Å². The molecule has 116 valence electrons. The van der Waals surface area contributed by atoms with Crippen LogP contribution in [0.1, 0.15) is 25.3 Å². The Morgan fingerprint density at radius 1 is 1.04 bits per heavy atom. The van der Waals surface area contributed by atoms with Crippen molar-refractivity contribution < 1.29 is 4.74 Å². The average molecular weight is 303 g/mol. The van der Waals surface area contributed by atoms with Crippen molar-refractivity contribution in [2.45, 2.75) is 19.8 Å². The summed E-state index contributed by atoms with van der Waals surface area (Å²) in [5.74, 6) is 0.696. The van der Waals surface area contributed by atoms with Gasteiger partial charge in [0, 0.05) is 17.1 Å². The highest BCUT2D eigenvalue weighted by atomic mass is 16.5. The summed E-state index contributed by atoms with van der Waals surface area (Å²) >= 11 is 0. The molecule has 2 aromatic carbocycles. The van der Waals surface area contributed by atoms with Crippen molar-refractivity contribution in [3.63, 3.8) is 0 Å². The zero-order valence-corrected chi connectivity index (χ0v) is 13.5. The van der Waals surface area contributed by atoms with Crippen molar-refractivity contribution in [1.82, 2.24) is 4.98 Å². The maximum absolute atomic E-state index is 5.90. The monoisotopic (exact) mass is 303 g/mol. The van der Waals surface area contributed by atoms with Crippen molar-refractivity contribution >= 4 is 16.5 Å². The molecule has 23 heavy (non-hydrogen) atoms. The zero-order valence-electron chi connectivity index (χ0n) is 13.5. The molecule has 2 heteroatoms. The van der Waals surface area contributed by atoms with Gasteiger partial charge in [0.2, 0.25) is 0 Å². The number of fused-ring (bicyclic) bond motifs is 1. The fourth-order valence-corrected chi connectivity index (χ4v) is 2.67. The zero-order chi connectivity index (χ0) is 16.1. The third-order valence-corrected chi connectivity index (χ3v) is 3.90. The van der Waals surface area contributed by atoms with Crippen molar-refractivity contribution in [3.05, 3.63) is 72.9 Å². The Labute approximate surface area is 137 Å². The lowest BCUT2D eigenvalue weighted by Gasteiger charge is -2.15. The Morgan fingerprint density at radius 2 is 1.78 bits per heavy atom. The van der Waals surface area contributed by atoms with Crippen LogP contribution >= 0.6 is 0 Å². The maximum Gasteiger partial charge on any atom is 0.122 e. The summed E-state index contributed by atoms with van der Waals surface area (Å²) in [7, 11) is 0. The van der Waals surface area contributed by atoms with E-state index in [4.69, 9.17) is 4.74 Å². The van der Waals surface area contributed by atoms with Gasteiger partial charge in [-0.15, -0.1) is 0 Å². The van der Waals surface area contributed by atoms with Crippen LogP contribution in [0.15, 0.2) is 67.4 Å². The Bertz CT molecular complexity index is 808. The van der Waals surface area contributed by atoms with Crippen LogP contribution in [0.4, 0.5) is 0 Å². The van der Waals surface area contributed by atoms with E-state index in [9.17, 15) is 0 Å². The van der Waals surface area contributed by atoms with Gasteiger partial charge in [-0.05, 0) is 11.8 Å². The van der Waals surface area contributed by atoms with Gasteiger partial charge in [-0.2, -0.15) is 0 Å². The van der Waals surface area contributed by atoms with E-state index in [1.54, 1.807) is 0 Å².